The summed E-state index contributed by atoms with van der Waals surface area (Å²) in [4.78, 5) is 9.00. The van der Waals surface area contributed by atoms with Crippen LogP contribution in [0.2, 0.25) is 5.02 Å². The summed E-state index contributed by atoms with van der Waals surface area (Å²) in [5.74, 6) is 0.125. The standard InChI is InChI=1S/C30H31ClFN5O3S/c1-2-19-7-13-23(26-15-16-34-30(36-26)35-21-10-8-20(33)9-11-21)28(17-19)40-27-14-12-22(18-25(27)32)37-41(38,39)29-6-4-3-5-24(29)31/h3-7,12-18,20-21,37H,2,8-11,33H2,1H3,(H,34,35,36). The molecular formula is C30H31ClFN5O3S. The van der Waals surface area contributed by atoms with Crippen molar-refractivity contribution in [3.8, 4) is 22.8 Å². The van der Waals surface area contributed by atoms with Crippen molar-refractivity contribution in [1.82, 2.24) is 9.97 Å². The molecular weight excluding hydrogens is 565 g/mol. The molecule has 1 aliphatic rings. The Hall–Kier alpha value is -3.73. The maximum absolute atomic E-state index is 15.2. The van der Waals surface area contributed by atoms with Crippen LogP contribution in [0, 0.1) is 5.82 Å². The summed E-state index contributed by atoms with van der Waals surface area (Å²) in [6.45, 7) is 2.02. The van der Waals surface area contributed by atoms with Crippen molar-refractivity contribution in [3.63, 3.8) is 0 Å². The summed E-state index contributed by atoms with van der Waals surface area (Å²) in [5.41, 5.74) is 8.36. The Balaban J connectivity index is 1.39. The Morgan fingerprint density at radius 2 is 1.80 bits per heavy atom. The molecule has 1 aliphatic carbocycles. The SMILES string of the molecule is CCc1ccc(-c2ccnc(NC3CCC(N)CC3)n2)c(Oc2ccc(NS(=O)(=O)c3ccccc3Cl)cc2F)c1. The summed E-state index contributed by atoms with van der Waals surface area (Å²) in [7, 11) is -4.02. The first-order valence-corrected chi connectivity index (χ1v) is 15.3. The maximum atomic E-state index is 15.2. The largest absolute Gasteiger partial charge is 0.454 e. The molecule has 4 aromatic rings. The molecule has 0 bridgehead atoms. The van der Waals surface area contributed by atoms with Gasteiger partial charge in [-0.2, -0.15) is 0 Å². The van der Waals surface area contributed by atoms with Crippen LogP contribution in [0.25, 0.3) is 11.3 Å². The third kappa shape index (κ3) is 6.95. The number of aryl methyl sites for hydroxylation is 1. The number of hydrogen-bond acceptors (Lipinski definition) is 7. The minimum atomic E-state index is -4.02. The lowest BCUT2D eigenvalue weighted by Gasteiger charge is -2.26. The smallest absolute Gasteiger partial charge is 0.263 e. The molecule has 4 N–H and O–H groups in total. The monoisotopic (exact) mass is 595 g/mol. The molecule has 1 heterocycles. The molecule has 0 saturated heterocycles. The Morgan fingerprint density at radius 3 is 2.54 bits per heavy atom. The number of nitrogens with two attached hydrogens (primary N) is 1. The zero-order valence-corrected chi connectivity index (χ0v) is 24.1. The van der Waals surface area contributed by atoms with Gasteiger partial charge in [0, 0.05) is 29.9 Å². The molecule has 1 fully saturated rings. The predicted molar refractivity (Wildman–Crippen MR) is 159 cm³/mol. The molecule has 1 aromatic heterocycles. The molecule has 0 unspecified atom stereocenters. The molecule has 0 atom stereocenters. The van der Waals surface area contributed by atoms with Gasteiger partial charge in [-0.25, -0.2) is 22.8 Å². The van der Waals surface area contributed by atoms with E-state index < -0.39 is 15.8 Å². The van der Waals surface area contributed by atoms with E-state index in [1.54, 1.807) is 24.4 Å². The second-order valence-electron chi connectivity index (χ2n) is 9.99. The van der Waals surface area contributed by atoms with Crippen molar-refractivity contribution >= 4 is 33.3 Å². The quantitative estimate of drug-likeness (QED) is 0.195. The van der Waals surface area contributed by atoms with Crippen molar-refractivity contribution < 1.29 is 17.5 Å². The van der Waals surface area contributed by atoms with E-state index in [2.05, 4.69) is 15.0 Å². The summed E-state index contributed by atoms with van der Waals surface area (Å²) in [5, 5.41) is 3.47. The number of benzene rings is 3. The maximum Gasteiger partial charge on any atom is 0.263 e. The van der Waals surface area contributed by atoms with Crippen LogP contribution in [0.1, 0.15) is 38.2 Å². The van der Waals surface area contributed by atoms with Gasteiger partial charge < -0.3 is 15.8 Å². The van der Waals surface area contributed by atoms with E-state index in [1.165, 1.54) is 24.3 Å². The summed E-state index contributed by atoms with van der Waals surface area (Å²) < 4.78 is 49.2. The van der Waals surface area contributed by atoms with Gasteiger partial charge in [-0.3, -0.25) is 4.72 Å². The van der Waals surface area contributed by atoms with Gasteiger partial charge in [0.1, 0.15) is 10.6 Å². The molecule has 1 saturated carbocycles. The van der Waals surface area contributed by atoms with Crippen molar-refractivity contribution in [3.05, 3.63) is 89.3 Å². The average Bonchev–Trinajstić information content (AvgIpc) is 2.96. The summed E-state index contributed by atoms with van der Waals surface area (Å²) >= 11 is 6.04. The molecule has 0 aliphatic heterocycles. The number of aromatic nitrogens is 2. The lowest BCUT2D eigenvalue weighted by Crippen LogP contribution is -2.33. The average molecular weight is 596 g/mol. The number of halogens is 2. The van der Waals surface area contributed by atoms with Crippen LogP contribution >= 0.6 is 11.6 Å². The fraction of sp³-hybridized carbons (Fsp3) is 0.267. The number of hydrogen-bond donors (Lipinski definition) is 3. The molecule has 5 rings (SSSR count). The second kappa shape index (κ2) is 12.4. The topological polar surface area (TPSA) is 119 Å². The van der Waals surface area contributed by atoms with E-state index in [4.69, 9.17) is 27.1 Å². The Labute approximate surface area is 244 Å². The van der Waals surface area contributed by atoms with Gasteiger partial charge in [-0.05, 0) is 80.1 Å². The van der Waals surface area contributed by atoms with Crippen LogP contribution in [0.3, 0.4) is 0 Å². The zero-order chi connectivity index (χ0) is 29.0. The Kier molecular flexibility index (Phi) is 8.72. The predicted octanol–water partition coefficient (Wildman–Crippen LogP) is 6.77. The fourth-order valence-corrected chi connectivity index (χ4v) is 6.32. The first-order valence-electron chi connectivity index (χ1n) is 13.4. The fourth-order valence-electron chi connectivity index (χ4n) is 4.75. The van der Waals surface area contributed by atoms with E-state index in [-0.39, 0.29) is 33.4 Å². The van der Waals surface area contributed by atoms with Crippen molar-refractivity contribution in [2.75, 3.05) is 10.0 Å². The molecule has 41 heavy (non-hydrogen) atoms. The highest BCUT2D eigenvalue weighted by Crippen LogP contribution is 2.36. The second-order valence-corrected chi connectivity index (χ2v) is 12.0. The Bertz CT molecular complexity index is 1650. The van der Waals surface area contributed by atoms with Crippen LogP contribution in [-0.4, -0.2) is 30.5 Å². The highest BCUT2D eigenvalue weighted by molar-refractivity contribution is 7.92. The van der Waals surface area contributed by atoms with Crippen LogP contribution in [0.4, 0.5) is 16.0 Å². The normalized spacial score (nSPS) is 17.2. The third-order valence-electron chi connectivity index (χ3n) is 7.02. The number of sulfonamides is 1. The highest BCUT2D eigenvalue weighted by Gasteiger charge is 2.21. The van der Waals surface area contributed by atoms with Gasteiger partial charge in [0.15, 0.2) is 11.6 Å². The number of rotatable bonds is 9. The number of nitrogens with zero attached hydrogens (tertiary/aromatic N) is 2. The molecule has 3 aromatic carbocycles. The van der Waals surface area contributed by atoms with E-state index in [9.17, 15) is 8.42 Å². The highest BCUT2D eigenvalue weighted by atomic mass is 35.5. The van der Waals surface area contributed by atoms with E-state index >= 15 is 4.39 Å². The van der Waals surface area contributed by atoms with Gasteiger partial charge >= 0.3 is 0 Å². The van der Waals surface area contributed by atoms with E-state index in [1.807, 2.05) is 25.1 Å². The molecule has 0 spiro atoms. The lowest BCUT2D eigenvalue weighted by molar-refractivity contribution is 0.410. The minimum absolute atomic E-state index is 0.0347. The van der Waals surface area contributed by atoms with E-state index in [0.29, 0.717) is 23.0 Å². The Morgan fingerprint density at radius 1 is 1.02 bits per heavy atom. The summed E-state index contributed by atoms with van der Waals surface area (Å²) in [6.07, 6.45) is 6.26. The number of anilines is 2. The molecule has 8 nitrogen and oxygen atoms in total. The van der Waals surface area contributed by atoms with Crippen LogP contribution in [-0.2, 0) is 16.4 Å². The van der Waals surface area contributed by atoms with Gasteiger partial charge in [-0.1, -0.05) is 36.7 Å². The lowest BCUT2D eigenvalue weighted by atomic mass is 9.92. The molecule has 0 radical (unpaired) electrons. The zero-order valence-electron chi connectivity index (χ0n) is 22.5. The van der Waals surface area contributed by atoms with Crippen molar-refractivity contribution in [2.24, 2.45) is 5.73 Å². The van der Waals surface area contributed by atoms with Gasteiger partial charge in [-0.15, -0.1) is 0 Å². The van der Waals surface area contributed by atoms with Gasteiger partial charge in [0.05, 0.1) is 16.4 Å². The molecule has 0 amide bonds. The molecule has 11 heteroatoms. The number of nitrogens with one attached hydrogen (secondary N) is 2. The van der Waals surface area contributed by atoms with Gasteiger partial charge in [0.2, 0.25) is 5.95 Å². The van der Waals surface area contributed by atoms with Crippen molar-refractivity contribution in [2.45, 2.75) is 56.0 Å². The van der Waals surface area contributed by atoms with Crippen LogP contribution in [0.15, 0.2) is 77.8 Å². The number of ether oxygens (including phenoxy) is 1. The van der Waals surface area contributed by atoms with Gasteiger partial charge in [0.25, 0.3) is 10.0 Å². The first-order chi connectivity index (χ1) is 19.7. The van der Waals surface area contributed by atoms with E-state index in [0.717, 1.165) is 43.7 Å². The molecule has 214 valence electrons. The summed E-state index contributed by atoms with van der Waals surface area (Å²) in [6, 6.07) is 17.9. The van der Waals surface area contributed by atoms with Crippen molar-refractivity contribution in [1.29, 1.82) is 0 Å². The third-order valence-corrected chi connectivity index (χ3v) is 8.90. The minimum Gasteiger partial charge on any atom is -0.454 e. The van der Waals surface area contributed by atoms with Crippen LogP contribution in [0.5, 0.6) is 11.5 Å². The first kappa shape index (κ1) is 28.8. The van der Waals surface area contributed by atoms with Crippen LogP contribution < -0.4 is 20.5 Å².